The normalized spacial score (nSPS) is 12.7. The molecule has 8 nitrogen and oxygen atoms in total. The molecule has 2 heterocycles. The quantitative estimate of drug-likeness (QED) is 0.408. The average molecular weight is 485 g/mol. The van der Waals surface area contributed by atoms with Crippen LogP contribution in [-0.4, -0.2) is 50.0 Å². The Bertz CT molecular complexity index is 1140. The van der Waals surface area contributed by atoms with Gasteiger partial charge in [-0.15, -0.1) is 0 Å². The smallest absolute Gasteiger partial charge is 0.354 e. The lowest BCUT2D eigenvalue weighted by molar-refractivity contribution is -0.134. The van der Waals surface area contributed by atoms with E-state index in [4.69, 9.17) is 21.5 Å². The van der Waals surface area contributed by atoms with Gasteiger partial charge in [0.25, 0.3) is 5.97 Å². The number of carboxylic acids is 2. The van der Waals surface area contributed by atoms with Gasteiger partial charge in [-0.25, -0.2) is 4.79 Å². The van der Waals surface area contributed by atoms with E-state index < -0.39 is 11.9 Å². The lowest BCUT2D eigenvalue weighted by atomic mass is 9.90. The molecule has 0 radical (unpaired) electrons. The van der Waals surface area contributed by atoms with Crippen molar-refractivity contribution in [1.29, 1.82) is 0 Å². The molecule has 1 aromatic carbocycles. The maximum absolute atomic E-state index is 11.9. The molecular weight excluding hydrogens is 456 g/mol. The highest BCUT2D eigenvalue weighted by molar-refractivity contribution is 6.30. The maximum atomic E-state index is 11.9. The first-order valence-electron chi connectivity index (χ1n) is 11.2. The van der Waals surface area contributed by atoms with Crippen molar-refractivity contribution in [3.05, 3.63) is 70.1 Å². The third-order valence-electron chi connectivity index (χ3n) is 5.67. The lowest BCUT2D eigenvalue weighted by Gasteiger charge is -2.14. The molecule has 0 saturated carbocycles. The first-order chi connectivity index (χ1) is 16.3. The molecular formula is C25H29ClN4O4. The zero-order valence-electron chi connectivity index (χ0n) is 19.3. The number of aryl methyl sites for hydroxylation is 2. The van der Waals surface area contributed by atoms with Crippen molar-refractivity contribution in [3.63, 3.8) is 0 Å². The second-order valence-corrected chi connectivity index (χ2v) is 8.70. The van der Waals surface area contributed by atoms with Gasteiger partial charge in [-0.1, -0.05) is 30.7 Å². The van der Waals surface area contributed by atoms with E-state index in [0.29, 0.717) is 24.6 Å². The van der Waals surface area contributed by atoms with Gasteiger partial charge in [0, 0.05) is 48.6 Å². The van der Waals surface area contributed by atoms with Gasteiger partial charge in [0.15, 0.2) is 0 Å². The van der Waals surface area contributed by atoms with Crippen LogP contribution in [0.5, 0.6) is 0 Å². The van der Waals surface area contributed by atoms with Crippen molar-refractivity contribution >= 4 is 23.5 Å². The molecule has 180 valence electrons. The molecule has 0 fully saturated rings. The molecule has 3 aromatic rings. The highest BCUT2D eigenvalue weighted by atomic mass is 35.5. The highest BCUT2D eigenvalue weighted by Crippen LogP contribution is 2.34. The molecule has 0 bridgehead atoms. The van der Waals surface area contributed by atoms with Crippen LogP contribution in [0.4, 0.5) is 0 Å². The van der Waals surface area contributed by atoms with Crippen molar-refractivity contribution < 1.29 is 19.8 Å². The Balaban J connectivity index is 0.000000751. The summed E-state index contributed by atoms with van der Waals surface area (Å²) in [5, 5.41) is 26.1. The number of halogens is 1. The second kappa shape index (κ2) is 11.8. The predicted molar refractivity (Wildman–Crippen MR) is 130 cm³/mol. The summed E-state index contributed by atoms with van der Waals surface area (Å²) in [5.41, 5.74) is 5.33. The lowest BCUT2D eigenvalue weighted by Crippen LogP contribution is -2.23. The van der Waals surface area contributed by atoms with E-state index in [9.17, 15) is 9.90 Å². The van der Waals surface area contributed by atoms with E-state index in [0.717, 1.165) is 60.3 Å². The van der Waals surface area contributed by atoms with Gasteiger partial charge in [-0.2, -0.15) is 5.10 Å². The van der Waals surface area contributed by atoms with Crippen LogP contribution in [0.1, 0.15) is 53.4 Å². The standard InChI is InChI=1S/C23H25ClN4O2.C2H4O2/c1-15(16-3-6-18(24)7-4-16)13-25-10-2-12-28-22(23(29)30)20-8-5-17-14-26-11-9-19(17)21(20)27-28;1-2(3)4/h3-4,6-7,9,11,14-15,25H,2,5,8,10,12-13H2,1H3,(H,29,30);1H3,(H,3,4). The van der Waals surface area contributed by atoms with E-state index in [2.05, 4.69) is 34.5 Å². The van der Waals surface area contributed by atoms with Crippen LogP contribution in [0.3, 0.4) is 0 Å². The Morgan fingerprint density at radius 2 is 1.88 bits per heavy atom. The molecule has 0 saturated heterocycles. The maximum Gasteiger partial charge on any atom is 0.354 e. The molecule has 1 atom stereocenters. The minimum absolute atomic E-state index is 0.321. The summed E-state index contributed by atoms with van der Waals surface area (Å²) in [6, 6.07) is 9.85. The first kappa shape index (κ1) is 25.4. The van der Waals surface area contributed by atoms with Gasteiger partial charge in [0.1, 0.15) is 5.69 Å². The van der Waals surface area contributed by atoms with Gasteiger partial charge in [0.2, 0.25) is 0 Å². The molecule has 4 rings (SSSR count). The Kier molecular flexibility index (Phi) is 8.79. The SMILES string of the molecule is CC(=O)O.CC(CNCCCn1nc2c(c1C(=O)O)CCc1cnccc1-2)c1ccc(Cl)cc1. The predicted octanol–water partition coefficient (Wildman–Crippen LogP) is 4.27. The summed E-state index contributed by atoms with van der Waals surface area (Å²) in [6.07, 6.45) is 5.87. The molecule has 1 aliphatic carbocycles. The number of aromatic nitrogens is 3. The molecule has 9 heteroatoms. The van der Waals surface area contributed by atoms with Crippen molar-refractivity contribution in [2.24, 2.45) is 0 Å². The number of aliphatic carboxylic acids is 1. The third-order valence-corrected chi connectivity index (χ3v) is 5.92. The zero-order chi connectivity index (χ0) is 24.7. The highest BCUT2D eigenvalue weighted by Gasteiger charge is 2.27. The van der Waals surface area contributed by atoms with E-state index in [-0.39, 0.29) is 0 Å². The number of carboxylic acid groups (broad SMARTS) is 2. The van der Waals surface area contributed by atoms with Crippen LogP contribution in [0, 0.1) is 0 Å². The van der Waals surface area contributed by atoms with Crippen LogP contribution in [0.2, 0.25) is 5.02 Å². The fraction of sp³-hybridized carbons (Fsp3) is 0.360. The minimum atomic E-state index is -0.912. The molecule has 0 amide bonds. The van der Waals surface area contributed by atoms with Crippen LogP contribution < -0.4 is 5.32 Å². The van der Waals surface area contributed by atoms with Crippen LogP contribution in [0.25, 0.3) is 11.3 Å². The number of nitrogens with zero attached hydrogens (tertiary/aromatic N) is 3. The van der Waals surface area contributed by atoms with Crippen molar-refractivity contribution in [3.8, 4) is 11.3 Å². The van der Waals surface area contributed by atoms with E-state index >= 15 is 0 Å². The van der Waals surface area contributed by atoms with Gasteiger partial charge in [0.05, 0.1) is 5.69 Å². The van der Waals surface area contributed by atoms with Gasteiger partial charge >= 0.3 is 5.97 Å². The van der Waals surface area contributed by atoms with Gasteiger partial charge in [-0.05, 0) is 61.1 Å². The molecule has 3 N–H and O–H groups in total. The number of benzene rings is 1. The molecule has 2 aromatic heterocycles. The fourth-order valence-corrected chi connectivity index (χ4v) is 4.18. The first-order valence-corrected chi connectivity index (χ1v) is 11.6. The van der Waals surface area contributed by atoms with Gasteiger partial charge < -0.3 is 15.5 Å². The topological polar surface area (TPSA) is 117 Å². The Labute approximate surface area is 203 Å². The number of pyridine rings is 1. The van der Waals surface area contributed by atoms with Crippen LogP contribution in [-0.2, 0) is 24.2 Å². The van der Waals surface area contributed by atoms with Crippen LogP contribution in [0.15, 0.2) is 42.7 Å². The number of carbonyl (C=O) groups is 2. The van der Waals surface area contributed by atoms with E-state index in [1.165, 1.54) is 5.56 Å². The summed E-state index contributed by atoms with van der Waals surface area (Å²) < 4.78 is 1.66. The molecule has 0 spiro atoms. The Hall–Kier alpha value is -3.23. The molecule has 1 aliphatic rings. The Morgan fingerprint density at radius 3 is 2.56 bits per heavy atom. The van der Waals surface area contributed by atoms with Crippen molar-refractivity contribution in [2.45, 2.75) is 45.6 Å². The number of hydrogen-bond acceptors (Lipinski definition) is 5. The average Bonchev–Trinajstić information content (AvgIpc) is 3.18. The number of fused-ring (bicyclic) bond motifs is 3. The van der Waals surface area contributed by atoms with Crippen LogP contribution >= 0.6 is 11.6 Å². The fourth-order valence-electron chi connectivity index (χ4n) is 4.05. The van der Waals surface area contributed by atoms with Crippen molar-refractivity contribution in [1.82, 2.24) is 20.1 Å². The second-order valence-electron chi connectivity index (χ2n) is 8.27. The number of nitrogens with one attached hydrogen (secondary N) is 1. The summed E-state index contributed by atoms with van der Waals surface area (Å²) in [5.74, 6) is -1.37. The summed E-state index contributed by atoms with van der Waals surface area (Å²) in [4.78, 5) is 25.1. The van der Waals surface area contributed by atoms with Gasteiger partial charge in [-0.3, -0.25) is 14.5 Å². The monoisotopic (exact) mass is 484 g/mol. The number of rotatable bonds is 8. The van der Waals surface area contributed by atoms with E-state index in [1.54, 1.807) is 10.9 Å². The minimum Gasteiger partial charge on any atom is -0.481 e. The summed E-state index contributed by atoms with van der Waals surface area (Å²) in [7, 11) is 0. The summed E-state index contributed by atoms with van der Waals surface area (Å²) >= 11 is 5.95. The molecule has 34 heavy (non-hydrogen) atoms. The number of aromatic carboxylic acids is 1. The summed E-state index contributed by atoms with van der Waals surface area (Å²) in [6.45, 7) is 5.47. The van der Waals surface area contributed by atoms with E-state index in [1.807, 2.05) is 24.4 Å². The Morgan fingerprint density at radius 1 is 1.18 bits per heavy atom. The van der Waals surface area contributed by atoms with Crippen molar-refractivity contribution in [2.75, 3.05) is 13.1 Å². The number of hydrogen-bond donors (Lipinski definition) is 3. The zero-order valence-corrected chi connectivity index (χ0v) is 20.0. The molecule has 0 aliphatic heterocycles. The largest absolute Gasteiger partial charge is 0.481 e. The third kappa shape index (κ3) is 6.42. The molecule has 1 unspecified atom stereocenters.